The Morgan fingerprint density at radius 2 is 2.12 bits per heavy atom. The highest BCUT2D eigenvalue weighted by atomic mass is 79.9. The Balaban J connectivity index is 2.69. The second kappa shape index (κ2) is 4.64. The predicted molar refractivity (Wildman–Crippen MR) is 66.8 cm³/mol. The average molecular weight is 291 g/mol. The molecule has 1 aromatic carbocycles. The van der Waals surface area contributed by atoms with Gasteiger partial charge in [0.05, 0.1) is 17.5 Å². The number of rotatable bonds is 1. The van der Waals surface area contributed by atoms with Crippen molar-refractivity contribution in [1.29, 1.82) is 5.26 Å². The molecule has 0 unspecified atom stereocenters. The number of hydrogen-bond donors (Lipinski definition) is 0. The number of aromatic nitrogens is 1. The molecule has 2 aromatic rings. The second-order valence-corrected chi connectivity index (χ2v) is 4.54. The van der Waals surface area contributed by atoms with Crippen LogP contribution < -0.4 is 0 Å². The molecule has 4 heteroatoms. The van der Waals surface area contributed by atoms with E-state index in [0.29, 0.717) is 5.69 Å². The van der Waals surface area contributed by atoms with Gasteiger partial charge in [-0.05, 0) is 30.7 Å². The third-order valence-electron chi connectivity index (χ3n) is 2.43. The molecule has 0 saturated heterocycles. The van der Waals surface area contributed by atoms with Gasteiger partial charge < -0.3 is 0 Å². The van der Waals surface area contributed by atoms with Gasteiger partial charge in [-0.2, -0.15) is 5.26 Å². The molecule has 2 rings (SSSR count). The summed E-state index contributed by atoms with van der Waals surface area (Å²) in [7, 11) is 0. The lowest BCUT2D eigenvalue weighted by Gasteiger charge is -2.07. The third-order valence-corrected chi connectivity index (χ3v) is 2.92. The first-order chi connectivity index (χ1) is 8.11. The molecule has 2 nitrogen and oxygen atoms in total. The summed E-state index contributed by atoms with van der Waals surface area (Å²) in [6.45, 7) is 1.92. The van der Waals surface area contributed by atoms with Gasteiger partial charge in [-0.1, -0.05) is 22.0 Å². The smallest absolute Gasteiger partial charge is 0.142 e. The Morgan fingerprint density at radius 3 is 2.82 bits per heavy atom. The lowest BCUT2D eigenvalue weighted by molar-refractivity contribution is 0.621. The van der Waals surface area contributed by atoms with E-state index in [4.69, 9.17) is 5.26 Å². The van der Waals surface area contributed by atoms with Crippen LogP contribution in [0.15, 0.2) is 34.9 Å². The van der Waals surface area contributed by atoms with Crippen LogP contribution in [0.25, 0.3) is 11.3 Å². The predicted octanol–water partition coefficient (Wildman–Crippen LogP) is 3.83. The molecule has 0 fully saturated rings. The maximum atomic E-state index is 13.0. The average Bonchev–Trinajstić information content (AvgIpc) is 2.32. The van der Waals surface area contributed by atoms with Crippen molar-refractivity contribution in [3.8, 4) is 17.3 Å². The quantitative estimate of drug-likeness (QED) is 0.800. The number of nitrogens with zero attached hydrogens (tertiary/aromatic N) is 2. The van der Waals surface area contributed by atoms with Gasteiger partial charge in [-0.3, -0.25) is 4.98 Å². The molecule has 0 spiro atoms. The van der Waals surface area contributed by atoms with Crippen LogP contribution in [-0.4, -0.2) is 4.98 Å². The topological polar surface area (TPSA) is 36.7 Å². The van der Waals surface area contributed by atoms with E-state index in [2.05, 4.69) is 20.9 Å². The van der Waals surface area contributed by atoms with Crippen LogP contribution in [0, 0.1) is 24.1 Å². The summed E-state index contributed by atoms with van der Waals surface area (Å²) in [6, 6.07) is 8.87. The van der Waals surface area contributed by atoms with Crippen molar-refractivity contribution < 1.29 is 4.39 Å². The first kappa shape index (κ1) is 11.7. The van der Waals surface area contributed by atoms with Crippen molar-refractivity contribution in [2.24, 2.45) is 0 Å². The van der Waals surface area contributed by atoms with Crippen molar-refractivity contribution in [3.63, 3.8) is 0 Å². The number of hydrogen-bond acceptors (Lipinski definition) is 2. The Labute approximate surface area is 107 Å². The van der Waals surface area contributed by atoms with E-state index in [9.17, 15) is 4.39 Å². The monoisotopic (exact) mass is 290 g/mol. The lowest BCUT2D eigenvalue weighted by Crippen LogP contribution is -1.93. The summed E-state index contributed by atoms with van der Waals surface area (Å²) >= 11 is 3.37. The van der Waals surface area contributed by atoms with E-state index in [1.165, 1.54) is 6.07 Å². The molecule has 0 radical (unpaired) electrons. The fourth-order valence-electron chi connectivity index (χ4n) is 1.59. The Bertz CT molecular complexity index is 617. The zero-order valence-corrected chi connectivity index (χ0v) is 10.6. The second-order valence-electron chi connectivity index (χ2n) is 3.62. The SMILES string of the molecule is Cc1ccc(Br)cc1-c1ncc(F)cc1C#N. The van der Waals surface area contributed by atoms with Gasteiger partial charge in [0.2, 0.25) is 0 Å². The van der Waals surface area contributed by atoms with E-state index in [-0.39, 0.29) is 5.56 Å². The van der Waals surface area contributed by atoms with Crippen molar-refractivity contribution >= 4 is 15.9 Å². The summed E-state index contributed by atoms with van der Waals surface area (Å²) < 4.78 is 13.9. The maximum Gasteiger partial charge on any atom is 0.142 e. The van der Waals surface area contributed by atoms with Crippen LogP contribution >= 0.6 is 15.9 Å². The normalized spacial score (nSPS) is 10.0. The molecular formula is C13H8BrFN2. The van der Waals surface area contributed by atoms with Crippen LogP contribution in [-0.2, 0) is 0 Å². The Morgan fingerprint density at radius 1 is 1.35 bits per heavy atom. The van der Waals surface area contributed by atoms with Crippen molar-refractivity contribution in [1.82, 2.24) is 4.98 Å². The van der Waals surface area contributed by atoms with Gasteiger partial charge in [0, 0.05) is 10.0 Å². The summed E-state index contributed by atoms with van der Waals surface area (Å²) in [5, 5.41) is 9.00. The molecular weight excluding hydrogens is 283 g/mol. The third kappa shape index (κ3) is 2.34. The molecule has 0 saturated carbocycles. The van der Waals surface area contributed by atoms with Crippen LogP contribution in [0.1, 0.15) is 11.1 Å². The fourth-order valence-corrected chi connectivity index (χ4v) is 1.95. The molecule has 0 aliphatic heterocycles. The van der Waals surface area contributed by atoms with Gasteiger partial charge >= 0.3 is 0 Å². The Hall–Kier alpha value is -1.73. The van der Waals surface area contributed by atoms with Crippen molar-refractivity contribution in [2.45, 2.75) is 6.92 Å². The maximum absolute atomic E-state index is 13.0. The largest absolute Gasteiger partial charge is 0.252 e. The highest BCUT2D eigenvalue weighted by Crippen LogP contribution is 2.27. The summed E-state index contributed by atoms with van der Waals surface area (Å²) in [5.74, 6) is -0.502. The molecule has 0 amide bonds. The summed E-state index contributed by atoms with van der Waals surface area (Å²) in [5.41, 5.74) is 2.57. The zero-order chi connectivity index (χ0) is 12.4. The number of benzene rings is 1. The van der Waals surface area contributed by atoms with Crippen molar-refractivity contribution in [3.05, 3.63) is 51.9 Å². The summed E-state index contributed by atoms with van der Waals surface area (Å²) in [6.07, 6.45) is 1.12. The van der Waals surface area contributed by atoms with E-state index < -0.39 is 5.82 Å². The molecule has 0 aliphatic rings. The van der Waals surface area contributed by atoms with Crippen LogP contribution in [0.5, 0.6) is 0 Å². The fraction of sp³-hybridized carbons (Fsp3) is 0.0769. The number of aryl methyl sites for hydroxylation is 1. The molecule has 0 atom stereocenters. The highest BCUT2D eigenvalue weighted by Gasteiger charge is 2.10. The highest BCUT2D eigenvalue weighted by molar-refractivity contribution is 9.10. The molecule has 1 aromatic heterocycles. The minimum Gasteiger partial charge on any atom is -0.252 e. The minimum atomic E-state index is -0.502. The van der Waals surface area contributed by atoms with E-state index in [1.54, 1.807) is 0 Å². The van der Waals surface area contributed by atoms with E-state index in [0.717, 1.165) is 21.8 Å². The lowest BCUT2D eigenvalue weighted by atomic mass is 10.0. The molecule has 0 aliphatic carbocycles. The molecule has 17 heavy (non-hydrogen) atoms. The van der Waals surface area contributed by atoms with Gasteiger partial charge in [0.25, 0.3) is 0 Å². The molecule has 84 valence electrons. The number of halogens is 2. The summed E-state index contributed by atoms with van der Waals surface area (Å²) in [4.78, 5) is 4.00. The van der Waals surface area contributed by atoms with E-state index >= 15 is 0 Å². The molecule has 0 bridgehead atoms. The standard InChI is InChI=1S/C13H8BrFN2/c1-8-2-3-10(14)5-12(8)13-9(6-16)4-11(15)7-17-13/h2-5,7H,1H3. The van der Waals surface area contributed by atoms with Crippen molar-refractivity contribution in [2.75, 3.05) is 0 Å². The molecule has 1 heterocycles. The zero-order valence-electron chi connectivity index (χ0n) is 9.04. The number of nitriles is 1. The van der Waals surface area contributed by atoms with Gasteiger partial charge in [-0.25, -0.2) is 4.39 Å². The van der Waals surface area contributed by atoms with Gasteiger partial charge in [0.1, 0.15) is 11.9 Å². The first-order valence-electron chi connectivity index (χ1n) is 4.94. The Kier molecular flexibility index (Phi) is 3.21. The van der Waals surface area contributed by atoms with Crippen LogP contribution in [0.4, 0.5) is 4.39 Å². The minimum absolute atomic E-state index is 0.242. The van der Waals surface area contributed by atoms with E-state index in [1.807, 2.05) is 31.2 Å². The van der Waals surface area contributed by atoms with Gasteiger partial charge in [0.15, 0.2) is 0 Å². The first-order valence-corrected chi connectivity index (χ1v) is 5.73. The van der Waals surface area contributed by atoms with Gasteiger partial charge in [-0.15, -0.1) is 0 Å². The molecule has 0 N–H and O–H groups in total. The number of pyridine rings is 1. The van der Waals surface area contributed by atoms with Crippen LogP contribution in [0.2, 0.25) is 0 Å². The van der Waals surface area contributed by atoms with Crippen LogP contribution in [0.3, 0.4) is 0 Å².